The maximum Gasteiger partial charge on any atom is 0.122 e. The van der Waals surface area contributed by atoms with Crippen molar-refractivity contribution in [3.8, 4) is 0 Å². The molecule has 2 saturated heterocycles. The van der Waals surface area contributed by atoms with Crippen LogP contribution in [-0.4, -0.2) is 65.2 Å². The number of piperazine rings is 1. The Hall–Kier alpha value is -0.620. The molecule has 2 fully saturated rings. The van der Waals surface area contributed by atoms with Crippen LogP contribution in [0.15, 0.2) is 12.4 Å². The number of nitrogens with one attached hydrogen (secondary N) is 1. The van der Waals surface area contributed by atoms with Gasteiger partial charge in [0.1, 0.15) is 5.82 Å². The van der Waals surface area contributed by atoms with E-state index in [1.54, 1.807) is 0 Å². The highest BCUT2D eigenvalue weighted by atomic mass is 35.5. The van der Waals surface area contributed by atoms with Gasteiger partial charge < -0.3 is 14.8 Å². The third-order valence-electron chi connectivity index (χ3n) is 4.81. The van der Waals surface area contributed by atoms with E-state index in [-0.39, 0.29) is 12.4 Å². The Morgan fingerprint density at radius 2 is 1.95 bits per heavy atom. The molecule has 2 aliphatic rings. The zero-order chi connectivity index (χ0) is 14.0. The van der Waals surface area contributed by atoms with Crippen molar-refractivity contribution in [3.05, 3.63) is 18.2 Å². The van der Waals surface area contributed by atoms with Crippen LogP contribution in [0.1, 0.15) is 19.2 Å². The number of imidazole rings is 1. The van der Waals surface area contributed by atoms with E-state index in [0.717, 1.165) is 19.6 Å². The average Bonchev–Trinajstić information content (AvgIpc) is 3.02. The normalized spacial score (nSPS) is 27.7. The molecule has 0 amide bonds. The maximum absolute atomic E-state index is 4.42. The van der Waals surface area contributed by atoms with E-state index in [0.29, 0.717) is 5.41 Å². The molecule has 0 saturated carbocycles. The molecule has 0 aromatic carbocycles. The predicted octanol–water partition coefficient (Wildman–Crippen LogP) is 0.959. The molecule has 1 N–H and O–H groups in total. The highest BCUT2D eigenvalue weighted by molar-refractivity contribution is 5.85. The summed E-state index contributed by atoms with van der Waals surface area (Å²) in [6.45, 7) is 11.7. The van der Waals surface area contributed by atoms with Crippen molar-refractivity contribution in [3.63, 3.8) is 0 Å². The second kappa shape index (κ2) is 7.09. The van der Waals surface area contributed by atoms with Gasteiger partial charge in [0.25, 0.3) is 0 Å². The number of hydrogen-bond donors (Lipinski definition) is 1. The lowest BCUT2D eigenvalue weighted by molar-refractivity contribution is 0.0914. The van der Waals surface area contributed by atoms with Crippen molar-refractivity contribution >= 4 is 12.4 Å². The van der Waals surface area contributed by atoms with E-state index >= 15 is 0 Å². The maximum atomic E-state index is 4.42. The van der Waals surface area contributed by atoms with Crippen molar-refractivity contribution < 1.29 is 0 Å². The first-order valence-corrected chi connectivity index (χ1v) is 7.76. The molecule has 3 heterocycles. The molecular weight excluding hydrogens is 286 g/mol. The first-order valence-electron chi connectivity index (χ1n) is 7.76. The summed E-state index contributed by atoms with van der Waals surface area (Å²) in [7, 11) is 2.08. The second-order valence-electron chi connectivity index (χ2n) is 6.74. The van der Waals surface area contributed by atoms with E-state index in [2.05, 4.69) is 38.6 Å². The van der Waals surface area contributed by atoms with Gasteiger partial charge in [-0.15, -0.1) is 12.4 Å². The smallest absolute Gasteiger partial charge is 0.122 e. The summed E-state index contributed by atoms with van der Waals surface area (Å²) in [6.07, 6.45) is 5.24. The Balaban J connectivity index is 0.00000161. The highest BCUT2D eigenvalue weighted by Crippen LogP contribution is 2.26. The molecule has 120 valence electrons. The summed E-state index contributed by atoms with van der Waals surface area (Å²) in [6, 6.07) is 0. The third kappa shape index (κ3) is 4.19. The van der Waals surface area contributed by atoms with Gasteiger partial charge in [-0.05, 0) is 18.4 Å². The minimum Gasteiger partial charge on any atom is -0.337 e. The van der Waals surface area contributed by atoms with Crippen LogP contribution in [0.2, 0.25) is 0 Å². The van der Waals surface area contributed by atoms with Gasteiger partial charge >= 0.3 is 0 Å². The molecule has 1 atom stereocenters. The first kappa shape index (κ1) is 16.7. The van der Waals surface area contributed by atoms with Gasteiger partial charge in [-0.25, -0.2) is 4.98 Å². The molecule has 0 bridgehead atoms. The Labute approximate surface area is 134 Å². The van der Waals surface area contributed by atoms with E-state index in [1.807, 2.05) is 12.4 Å². The fourth-order valence-corrected chi connectivity index (χ4v) is 3.40. The number of hydrogen-bond acceptors (Lipinski definition) is 4. The number of nitrogens with zero attached hydrogens (tertiary/aromatic N) is 4. The van der Waals surface area contributed by atoms with Gasteiger partial charge in [0.2, 0.25) is 0 Å². The van der Waals surface area contributed by atoms with Gasteiger partial charge in [-0.3, -0.25) is 4.90 Å². The monoisotopic (exact) mass is 313 g/mol. The number of aromatic nitrogens is 2. The summed E-state index contributed by atoms with van der Waals surface area (Å²) in [5, 5.41) is 3.50. The van der Waals surface area contributed by atoms with E-state index in [4.69, 9.17) is 0 Å². The molecule has 0 aliphatic carbocycles. The largest absolute Gasteiger partial charge is 0.337 e. The first-order chi connectivity index (χ1) is 9.65. The predicted molar refractivity (Wildman–Crippen MR) is 87.8 cm³/mol. The molecule has 1 aromatic rings. The molecule has 21 heavy (non-hydrogen) atoms. The van der Waals surface area contributed by atoms with Crippen LogP contribution in [-0.2, 0) is 13.6 Å². The Morgan fingerprint density at radius 3 is 2.52 bits per heavy atom. The number of rotatable bonds is 4. The summed E-state index contributed by atoms with van der Waals surface area (Å²) >= 11 is 0. The average molecular weight is 314 g/mol. The van der Waals surface area contributed by atoms with E-state index in [9.17, 15) is 0 Å². The van der Waals surface area contributed by atoms with Gasteiger partial charge in [-0.1, -0.05) is 6.92 Å². The molecule has 5 nitrogen and oxygen atoms in total. The van der Waals surface area contributed by atoms with E-state index < -0.39 is 0 Å². The fourth-order valence-electron chi connectivity index (χ4n) is 3.40. The van der Waals surface area contributed by atoms with Gasteiger partial charge in [0, 0.05) is 58.7 Å². The number of halogens is 1. The molecule has 3 rings (SSSR count). The van der Waals surface area contributed by atoms with Crippen molar-refractivity contribution in [1.82, 2.24) is 24.7 Å². The van der Waals surface area contributed by atoms with Crippen LogP contribution in [0.25, 0.3) is 0 Å². The summed E-state index contributed by atoms with van der Waals surface area (Å²) in [5.74, 6) is 1.17. The zero-order valence-electron chi connectivity index (χ0n) is 13.2. The highest BCUT2D eigenvalue weighted by Gasteiger charge is 2.31. The minimum absolute atomic E-state index is 0. The lowest BCUT2D eigenvalue weighted by atomic mass is 9.89. The lowest BCUT2D eigenvalue weighted by Gasteiger charge is -2.38. The molecule has 1 aromatic heterocycles. The van der Waals surface area contributed by atoms with Crippen LogP contribution >= 0.6 is 12.4 Å². The summed E-state index contributed by atoms with van der Waals surface area (Å²) < 4.78 is 2.12. The Kier molecular flexibility index (Phi) is 5.66. The van der Waals surface area contributed by atoms with E-state index in [1.165, 1.54) is 45.0 Å². The van der Waals surface area contributed by atoms with Gasteiger partial charge in [0.05, 0.1) is 6.54 Å². The molecule has 6 heteroatoms. The topological polar surface area (TPSA) is 36.3 Å². The van der Waals surface area contributed by atoms with Crippen molar-refractivity contribution in [1.29, 1.82) is 0 Å². The van der Waals surface area contributed by atoms with Crippen LogP contribution < -0.4 is 5.32 Å². The SMILES string of the molecule is Cl.Cn1ccnc1CN1CCN(CC2(C)CCNC2)CC1. The molecule has 0 radical (unpaired) electrons. The third-order valence-corrected chi connectivity index (χ3v) is 4.81. The molecule has 1 unspecified atom stereocenters. The molecule has 2 aliphatic heterocycles. The Morgan fingerprint density at radius 1 is 1.24 bits per heavy atom. The lowest BCUT2D eigenvalue weighted by Crippen LogP contribution is -2.49. The quantitative estimate of drug-likeness (QED) is 0.898. The van der Waals surface area contributed by atoms with Crippen molar-refractivity contribution in [2.24, 2.45) is 12.5 Å². The van der Waals surface area contributed by atoms with Crippen LogP contribution in [0, 0.1) is 5.41 Å². The van der Waals surface area contributed by atoms with Gasteiger partial charge in [-0.2, -0.15) is 0 Å². The second-order valence-corrected chi connectivity index (χ2v) is 6.74. The van der Waals surface area contributed by atoms with Crippen LogP contribution in [0.5, 0.6) is 0 Å². The van der Waals surface area contributed by atoms with Gasteiger partial charge in [0.15, 0.2) is 0 Å². The number of aryl methyl sites for hydroxylation is 1. The summed E-state index contributed by atoms with van der Waals surface area (Å²) in [5.41, 5.74) is 0.488. The van der Waals surface area contributed by atoms with Crippen molar-refractivity contribution in [2.75, 3.05) is 45.8 Å². The molecular formula is C15H28ClN5. The van der Waals surface area contributed by atoms with Crippen LogP contribution in [0.3, 0.4) is 0 Å². The zero-order valence-corrected chi connectivity index (χ0v) is 14.0. The van der Waals surface area contributed by atoms with Crippen LogP contribution in [0.4, 0.5) is 0 Å². The molecule has 0 spiro atoms. The fraction of sp³-hybridized carbons (Fsp3) is 0.800. The minimum atomic E-state index is 0. The standard InChI is InChI=1S/C15H27N5.ClH/c1-15(3-4-16-12-15)13-20-9-7-19(8-10-20)11-14-17-5-6-18(14)2;/h5-6,16H,3-4,7-13H2,1-2H3;1H. The Bertz CT molecular complexity index is 433. The van der Waals surface area contributed by atoms with Crippen molar-refractivity contribution in [2.45, 2.75) is 19.9 Å². The summed E-state index contributed by atoms with van der Waals surface area (Å²) in [4.78, 5) is 9.59.